The molecule has 0 aromatic carbocycles. The van der Waals surface area contributed by atoms with Crippen LogP contribution in [-0.4, -0.2) is 39.3 Å². The summed E-state index contributed by atoms with van der Waals surface area (Å²) >= 11 is 0. The number of methoxy groups -OCH3 is 1. The molecule has 102 valence electrons. The van der Waals surface area contributed by atoms with E-state index < -0.39 is 0 Å². The lowest BCUT2D eigenvalue weighted by Gasteiger charge is -2.10. The van der Waals surface area contributed by atoms with Crippen molar-refractivity contribution in [2.45, 2.75) is 19.8 Å². The number of guanidine groups is 1. The summed E-state index contributed by atoms with van der Waals surface area (Å²) in [6.07, 6.45) is 3.49. The Morgan fingerprint density at radius 1 is 1.44 bits per heavy atom. The molecule has 0 aliphatic carbocycles. The summed E-state index contributed by atoms with van der Waals surface area (Å²) in [5, 5.41) is 6.48. The molecule has 1 aromatic rings. The highest BCUT2D eigenvalue weighted by atomic mass is 16.5. The fourth-order valence-corrected chi connectivity index (χ4v) is 1.50. The molecule has 0 radical (unpaired) electrons. The smallest absolute Gasteiger partial charge is 0.191 e. The molecule has 0 spiro atoms. The van der Waals surface area contributed by atoms with Gasteiger partial charge in [-0.25, -0.2) is 0 Å². The van der Waals surface area contributed by atoms with Gasteiger partial charge in [0, 0.05) is 39.8 Å². The van der Waals surface area contributed by atoms with Crippen LogP contribution in [0.3, 0.4) is 0 Å². The first-order valence-corrected chi connectivity index (χ1v) is 6.40. The van der Waals surface area contributed by atoms with Crippen molar-refractivity contribution in [3.63, 3.8) is 0 Å². The number of ether oxygens (including phenoxy) is 1. The summed E-state index contributed by atoms with van der Waals surface area (Å²) in [4.78, 5) is 4.45. The maximum Gasteiger partial charge on any atom is 0.191 e. The quantitative estimate of drug-likeness (QED) is 0.418. The lowest BCUT2D eigenvalue weighted by atomic mass is 10.3. The Morgan fingerprint density at radius 3 is 3.00 bits per heavy atom. The van der Waals surface area contributed by atoms with Gasteiger partial charge in [-0.05, 0) is 25.5 Å². The molecule has 0 aliphatic rings. The topological polar surface area (TPSA) is 58.8 Å². The zero-order chi connectivity index (χ0) is 13.1. The average Bonchev–Trinajstić information content (AvgIpc) is 2.87. The van der Waals surface area contributed by atoms with Crippen LogP contribution in [0.4, 0.5) is 0 Å². The predicted octanol–water partition coefficient (Wildman–Crippen LogP) is 1.41. The molecule has 1 rings (SSSR count). The van der Waals surface area contributed by atoms with Crippen LogP contribution in [0.1, 0.15) is 19.1 Å². The fraction of sp³-hybridized carbons (Fsp3) is 0.615. The van der Waals surface area contributed by atoms with Crippen LogP contribution in [0.25, 0.3) is 0 Å². The fourth-order valence-electron chi connectivity index (χ4n) is 1.50. The van der Waals surface area contributed by atoms with Gasteiger partial charge in [-0.2, -0.15) is 0 Å². The van der Waals surface area contributed by atoms with Gasteiger partial charge < -0.3 is 19.8 Å². The third kappa shape index (κ3) is 6.30. The van der Waals surface area contributed by atoms with Crippen LogP contribution < -0.4 is 10.6 Å². The molecule has 0 bridgehead atoms. The first-order chi connectivity index (χ1) is 8.86. The van der Waals surface area contributed by atoms with Gasteiger partial charge >= 0.3 is 0 Å². The van der Waals surface area contributed by atoms with Gasteiger partial charge in [0.05, 0.1) is 6.26 Å². The Bertz CT molecular complexity index is 323. The molecule has 0 atom stereocenters. The molecule has 0 saturated carbocycles. The van der Waals surface area contributed by atoms with Crippen LogP contribution in [0.2, 0.25) is 0 Å². The van der Waals surface area contributed by atoms with E-state index in [0.29, 0.717) is 0 Å². The van der Waals surface area contributed by atoms with Crippen molar-refractivity contribution in [2.75, 3.05) is 33.4 Å². The van der Waals surface area contributed by atoms with Crippen molar-refractivity contribution in [3.05, 3.63) is 24.2 Å². The molecule has 0 unspecified atom stereocenters. The van der Waals surface area contributed by atoms with Crippen LogP contribution in [-0.2, 0) is 11.2 Å². The highest BCUT2D eigenvalue weighted by molar-refractivity contribution is 5.79. The van der Waals surface area contributed by atoms with E-state index in [-0.39, 0.29) is 0 Å². The number of rotatable bonds is 8. The molecule has 18 heavy (non-hydrogen) atoms. The molecule has 1 heterocycles. The largest absolute Gasteiger partial charge is 0.469 e. The van der Waals surface area contributed by atoms with Crippen molar-refractivity contribution in [1.82, 2.24) is 10.6 Å². The Kier molecular flexibility index (Phi) is 7.72. The molecular formula is C13H23N3O2. The van der Waals surface area contributed by atoms with Crippen molar-refractivity contribution < 1.29 is 9.15 Å². The van der Waals surface area contributed by atoms with Gasteiger partial charge in [-0.15, -0.1) is 0 Å². The second-order valence-electron chi connectivity index (χ2n) is 3.86. The van der Waals surface area contributed by atoms with E-state index in [9.17, 15) is 0 Å². The lowest BCUT2D eigenvalue weighted by Crippen LogP contribution is -2.38. The van der Waals surface area contributed by atoms with Crippen LogP contribution >= 0.6 is 0 Å². The molecule has 1 aromatic heterocycles. The lowest BCUT2D eigenvalue weighted by molar-refractivity contribution is 0.197. The van der Waals surface area contributed by atoms with E-state index in [4.69, 9.17) is 9.15 Å². The number of nitrogens with zero attached hydrogens (tertiary/aromatic N) is 1. The van der Waals surface area contributed by atoms with Crippen molar-refractivity contribution in [2.24, 2.45) is 4.99 Å². The maximum absolute atomic E-state index is 5.27. The van der Waals surface area contributed by atoms with E-state index in [1.807, 2.05) is 12.1 Å². The number of aliphatic imine (C=N–C) groups is 1. The minimum atomic E-state index is 0.745. The normalized spacial score (nSPS) is 11.6. The zero-order valence-corrected chi connectivity index (χ0v) is 11.2. The number of hydrogen-bond donors (Lipinski definition) is 2. The summed E-state index contributed by atoms with van der Waals surface area (Å²) in [5.41, 5.74) is 0. The van der Waals surface area contributed by atoms with Gasteiger partial charge in [0.15, 0.2) is 5.96 Å². The molecule has 5 heteroatoms. The molecule has 0 aliphatic heterocycles. The van der Waals surface area contributed by atoms with Crippen LogP contribution in [0.5, 0.6) is 0 Å². The monoisotopic (exact) mass is 253 g/mol. The van der Waals surface area contributed by atoms with Crippen molar-refractivity contribution >= 4 is 5.96 Å². The molecule has 0 fully saturated rings. The van der Waals surface area contributed by atoms with Gasteiger partial charge in [0.25, 0.3) is 0 Å². The van der Waals surface area contributed by atoms with Gasteiger partial charge in [0.1, 0.15) is 5.76 Å². The summed E-state index contributed by atoms with van der Waals surface area (Å²) in [5.74, 6) is 1.83. The Labute approximate surface area is 109 Å². The average molecular weight is 253 g/mol. The zero-order valence-electron chi connectivity index (χ0n) is 11.2. The second-order valence-corrected chi connectivity index (χ2v) is 3.86. The van der Waals surface area contributed by atoms with Gasteiger partial charge in [0.2, 0.25) is 0 Å². The highest BCUT2D eigenvalue weighted by Gasteiger charge is 1.98. The Balaban J connectivity index is 2.23. The van der Waals surface area contributed by atoms with Crippen molar-refractivity contribution in [1.29, 1.82) is 0 Å². The Morgan fingerprint density at radius 2 is 2.33 bits per heavy atom. The van der Waals surface area contributed by atoms with Crippen LogP contribution in [0.15, 0.2) is 27.8 Å². The summed E-state index contributed by atoms with van der Waals surface area (Å²) in [6, 6.07) is 3.88. The summed E-state index contributed by atoms with van der Waals surface area (Å²) < 4.78 is 10.3. The van der Waals surface area contributed by atoms with E-state index in [1.165, 1.54) is 0 Å². The molecule has 2 N–H and O–H groups in total. The minimum Gasteiger partial charge on any atom is -0.469 e. The summed E-state index contributed by atoms with van der Waals surface area (Å²) in [7, 11) is 1.70. The first kappa shape index (κ1) is 14.6. The molecule has 5 nitrogen and oxygen atoms in total. The summed E-state index contributed by atoms with van der Waals surface area (Å²) in [6.45, 7) is 5.23. The predicted molar refractivity (Wildman–Crippen MR) is 72.9 cm³/mol. The van der Waals surface area contributed by atoms with E-state index in [1.54, 1.807) is 13.4 Å². The third-order valence-corrected chi connectivity index (χ3v) is 2.36. The first-order valence-electron chi connectivity index (χ1n) is 6.40. The van der Waals surface area contributed by atoms with Crippen LogP contribution in [0, 0.1) is 0 Å². The van der Waals surface area contributed by atoms with E-state index in [2.05, 4.69) is 22.5 Å². The van der Waals surface area contributed by atoms with Gasteiger partial charge in [-0.1, -0.05) is 0 Å². The molecular weight excluding hydrogens is 230 g/mol. The third-order valence-electron chi connectivity index (χ3n) is 2.36. The number of hydrogen-bond acceptors (Lipinski definition) is 3. The van der Waals surface area contributed by atoms with E-state index >= 15 is 0 Å². The standard InChI is InChI=1S/C13H23N3O2/c1-3-14-13(15-8-5-10-17-2)16-9-7-12-6-4-11-18-12/h4,6,11H,3,5,7-10H2,1-2H3,(H2,14,15,16). The molecule has 0 amide bonds. The second kappa shape index (κ2) is 9.53. The molecule has 0 saturated heterocycles. The highest BCUT2D eigenvalue weighted by Crippen LogP contribution is 1.99. The van der Waals surface area contributed by atoms with Crippen molar-refractivity contribution in [3.8, 4) is 0 Å². The minimum absolute atomic E-state index is 0.745. The maximum atomic E-state index is 5.27. The van der Waals surface area contributed by atoms with Gasteiger partial charge in [-0.3, -0.25) is 4.99 Å². The Hall–Kier alpha value is -1.49. The number of nitrogens with one attached hydrogen (secondary N) is 2. The number of furan rings is 1. The SMILES string of the molecule is CCNC(=NCCCOC)NCCc1ccco1. The van der Waals surface area contributed by atoms with E-state index in [0.717, 1.165) is 50.8 Å².